The van der Waals surface area contributed by atoms with Crippen LogP contribution in [0.3, 0.4) is 0 Å². The summed E-state index contributed by atoms with van der Waals surface area (Å²) in [5.74, 6) is -1.96. The van der Waals surface area contributed by atoms with Crippen molar-refractivity contribution in [3.8, 4) is 0 Å². The highest BCUT2D eigenvalue weighted by molar-refractivity contribution is 5.38. The number of rotatable bonds is 2. The second-order valence-corrected chi connectivity index (χ2v) is 4.19. The molecule has 0 aliphatic carbocycles. The van der Waals surface area contributed by atoms with Crippen molar-refractivity contribution in [3.05, 3.63) is 71.3 Å². The quantitative estimate of drug-likeness (QED) is 0.834. The van der Waals surface area contributed by atoms with Crippen LogP contribution in [0.5, 0.6) is 0 Å². The predicted octanol–water partition coefficient (Wildman–Crippen LogP) is 3.76. The second kappa shape index (κ2) is 4.86. The van der Waals surface area contributed by atoms with Crippen molar-refractivity contribution in [1.29, 1.82) is 0 Å². The lowest BCUT2D eigenvalue weighted by Crippen LogP contribution is -2.44. The van der Waals surface area contributed by atoms with Crippen molar-refractivity contribution in [2.75, 3.05) is 0 Å². The van der Waals surface area contributed by atoms with Crippen LogP contribution in [0, 0.1) is 11.6 Å². The molecule has 20 heavy (non-hydrogen) atoms. The molecular weight excluding hydrogens is 279 g/mol. The fraction of sp³-hybridized carbons (Fsp3) is 0.143. The molecule has 1 N–H and O–H groups in total. The Kier molecular flexibility index (Phi) is 3.52. The van der Waals surface area contributed by atoms with Gasteiger partial charge in [-0.15, -0.1) is 0 Å². The second-order valence-electron chi connectivity index (χ2n) is 4.19. The number of benzene rings is 2. The summed E-state index contributed by atoms with van der Waals surface area (Å²) in [4.78, 5) is 0. The number of aliphatic hydroxyl groups is 1. The van der Waals surface area contributed by atoms with E-state index in [9.17, 15) is 27.1 Å². The maximum absolute atomic E-state index is 13.6. The Bertz CT molecular complexity index is 606. The summed E-state index contributed by atoms with van der Waals surface area (Å²) >= 11 is 0. The molecule has 0 saturated heterocycles. The molecule has 2 aromatic rings. The zero-order valence-electron chi connectivity index (χ0n) is 9.96. The van der Waals surface area contributed by atoms with Crippen LogP contribution in [0.2, 0.25) is 0 Å². The van der Waals surface area contributed by atoms with Crippen molar-refractivity contribution in [2.24, 2.45) is 0 Å². The Balaban J connectivity index is 2.70. The van der Waals surface area contributed by atoms with Gasteiger partial charge in [0.25, 0.3) is 0 Å². The topological polar surface area (TPSA) is 20.2 Å². The summed E-state index contributed by atoms with van der Waals surface area (Å²) in [6.45, 7) is 0. The third-order valence-electron chi connectivity index (χ3n) is 2.94. The fourth-order valence-electron chi connectivity index (χ4n) is 1.92. The zero-order chi connectivity index (χ0) is 15.0. The molecule has 0 aliphatic rings. The van der Waals surface area contributed by atoms with E-state index in [0.717, 1.165) is 36.4 Å². The summed E-state index contributed by atoms with van der Waals surface area (Å²) in [6.07, 6.45) is -5.16. The Morgan fingerprint density at radius 3 is 1.85 bits per heavy atom. The molecule has 0 amide bonds. The molecule has 2 rings (SSSR count). The van der Waals surface area contributed by atoms with E-state index in [4.69, 9.17) is 0 Å². The lowest BCUT2D eigenvalue weighted by atomic mass is 9.85. The first kappa shape index (κ1) is 14.5. The van der Waals surface area contributed by atoms with E-state index in [1.54, 1.807) is 0 Å². The molecule has 0 unspecified atom stereocenters. The number of halogens is 5. The highest BCUT2D eigenvalue weighted by Crippen LogP contribution is 2.44. The van der Waals surface area contributed by atoms with Gasteiger partial charge >= 0.3 is 6.18 Å². The minimum atomic E-state index is -5.16. The Labute approximate surface area is 111 Å². The summed E-state index contributed by atoms with van der Waals surface area (Å²) in [5, 5.41) is 10.1. The SMILES string of the molecule is O[C@@](c1ccc(F)cc1)(c1ccccc1F)C(F)(F)F. The summed E-state index contributed by atoms with van der Waals surface area (Å²) in [7, 11) is 0. The Morgan fingerprint density at radius 2 is 1.35 bits per heavy atom. The number of hydrogen-bond acceptors (Lipinski definition) is 1. The van der Waals surface area contributed by atoms with E-state index in [2.05, 4.69) is 0 Å². The third kappa shape index (κ3) is 2.27. The van der Waals surface area contributed by atoms with Crippen molar-refractivity contribution in [3.63, 3.8) is 0 Å². The van der Waals surface area contributed by atoms with Crippen LogP contribution < -0.4 is 0 Å². The average molecular weight is 288 g/mol. The molecule has 0 aliphatic heterocycles. The molecule has 0 spiro atoms. The van der Waals surface area contributed by atoms with E-state index in [0.29, 0.717) is 0 Å². The van der Waals surface area contributed by atoms with Gasteiger partial charge in [0.1, 0.15) is 11.6 Å². The fourth-order valence-corrected chi connectivity index (χ4v) is 1.92. The van der Waals surface area contributed by atoms with Gasteiger partial charge in [0, 0.05) is 5.56 Å². The Hall–Kier alpha value is -1.95. The standard InChI is InChI=1S/C14H9F5O/c15-10-7-5-9(6-8-10)13(20,14(17,18)19)11-3-1-2-4-12(11)16/h1-8,20H/t13-/m0/s1. The molecule has 0 fully saturated rings. The molecule has 2 aromatic carbocycles. The van der Waals surface area contributed by atoms with Gasteiger partial charge in [-0.1, -0.05) is 30.3 Å². The molecule has 0 saturated carbocycles. The minimum Gasteiger partial charge on any atom is -0.372 e. The molecule has 0 aromatic heterocycles. The molecule has 0 heterocycles. The smallest absolute Gasteiger partial charge is 0.372 e. The normalized spacial score (nSPS) is 14.9. The van der Waals surface area contributed by atoms with Gasteiger partial charge in [-0.2, -0.15) is 13.2 Å². The van der Waals surface area contributed by atoms with Crippen molar-refractivity contribution in [1.82, 2.24) is 0 Å². The van der Waals surface area contributed by atoms with Gasteiger partial charge in [0.15, 0.2) is 0 Å². The van der Waals surface area contributed by atoms with Crippen LogP contribution in [0.1, 0.15) is 11.1 Å². The van der Waals surface area contributed by atoms with Crippen molar-refractivity contribution < 1.29 is 27.1 Å². The van der Waals surface area contributed by atoms with Crippen LogP contribution in [0.15, 0.2) is 48.5 Å². The summed E-state index contributed by atoms with van der Waals surface area (Å²) in [6, 6.07) is 7.13. The number of alkyl halides is 3. The first-order valence-electron chi connectivity index (χ1n) is 5.57. The van der Waals surface area contributed by atoms with Gasteiger partial charge in [-0.05, 0) is 23.8 Å². The van der Waals surface area contributed by atoms with E-state index in [-0.39, 0.29) is 0 Å². The first-order chi connectivity index (χ1) is 9.26. The molecule has 1 nitrogen and oxygen atoms in total. The minimum absolute atomic E-state index is 0.656. The van der Waals surface area contributed by atoms with Crippen LogP contribution in [-0.2, 0) is 5.60 Å². The summed E-state index contributed by atoms with van der Waals surface area (Å²) < 4.78 is 66.2. The largest absolute Gasteiger partial charge is 0.425 e. The van der Waals surface area contributed by atoms with Crippen molar-refractivity contribution >= 4 is 0 Å². The highest BCUT2D eigenvalue weighted by atomic mass is 19.4. The van der Waals surface area contributed by atoms with Crippen LogP contribution in [0.25, 0.3) is 0 Å². The lowest BCUT2D eigenvalue weighted by Gasteiger charge is -2.31. The first-order valence-corrected chi connectivity index (χ1v) is 5.57. The van der Waals surface area contributed by atoms with Gasteiger partial charge in [0.2, 0.25) is 5.60 Å². The molecule has 6 heteroatoms. The van der Waals surface area contributed by atoms with Gasteiger partial charge in [-0.25, -0.2) is 8.78 Å². The van der Waals surface area contributed by atoms with E-state index < -0.39 is 34.5 Å². The molecule has 0 radical (unpaired) electrons. The Morgan fingerprint density at radius 1 is 0.800 bits per heavy atom. The average Bonchev–Trinajstić information content (AvgIpc) is 2.38. The van der Waals surface area contributed by atoms with E-state index >= 15 is 0 Å². The molecule has 106 valence electrons. The van der Waals surface area contributed by atoms with Gasteiger partial charge < -0.3 is 5.11 Å². The van der Waals surface area contributed by atoms with Crippen LogP contribution in [-0.4, -0.2) is 11.3 Å². The third-order valence-corrected chi connectivity index (χ3v) is 2.94. The lowest BCUT2D eigenvalue weighted by molar-refractivity contribution is -0.249. The van der Waals surface area contributed by atoms with Crippen molar-refractivity contribution in [2.45, 2.75) is 11.8 Å². The predicted molar refractivity (Wildman–Crippen MR) is 61.9 cm³/mol. The van der Waals surface area contributed by atoms with Crippen LogP contribution in [0.4, 0.5) is 22.0 Å². The summed E-state index contributed by atoms with van der Waals surface area (Å²) in [5.41, 5.74) is -5.12. The van der Waals surface area contributed by atoms with Crippen LogP contribution >= 0.6 is 0 Å². The van der Waals surface area contributed by atoms with E-state index in [1.165, 1.54) is 12.1 Å². The maximum Gasteiger partial charge on any atom is 0.425 e. The molecule has 1 atom stereocenters. The zero-order valence-corrected chi connectivity index (χ0v) is 9.96. The van der Waals surface area contributed by atoms with E-state index in [1.807, 2.05) is 0 Å². The molecular formula is C14H9F5O. The number of hydrogen-bond donors (Lipinski definition) is 1. The van der Waals surface area contributed by atoms with Gasteiger partial charge in [0.05, 0.1) is 0 Å². The van der Waals surface area contributed by atoms with Gasteiger partial charge in [-0.3, -0.25) is 0 Å². The maximum atomic E-state index is 13.6. The molecule has 0 bridgehead atoms. The monoisotopic (exact) mass is 288 g/mol. The highest BCUT2D eigenvalue weighted by Gasteiger charge is 2.57.